The van der Waals surface area contributed by atoms with E-state index in [0.717, 1.165) is 56.3 Å². The van der Waals surface area contributed by atoms with Crippen molar-refractivity contribution in [1.29, 1.82) is 0 Å². The molecule has 1 fully saturated rings. The number of carbonyl (C=O) groups is 1. The number of rotatable bonds is 10. The van der Waals surface area contributed by atoms with Gasteiger partial charge in [-0.2, -0.15) is 0 Å². The molecule has 2 heterocycles. The van der Waals surface area contributed by atoms with Crippen molar-refractivity contribution in [3.8, 4) is 11.5 Å². The number of para-hydroxylation sites is 4. The number of morpholine rings is 1. The number of nitrogens with zero attached hydrogens (tertiary/aromatic N) is 3. The van der Waals surface area contributed by atoms with Crippen molar-refractivity contribution in [3.05, 3.63) is 54.4 Å². The van der Waals surface area contributed by atoms with Crippen LogP contribution in [-0.4, -0.2) is 73.5 Å². The normalized spacial score (nSPS) is 14.4. The molecule has 0 aliphatic carbocycles. The van der Waals surface area contributed by atoms with Crippen LogP contribution in [0.3, 0.4) is 0 Å². The fourth-order valence-electron chi connectivity index (χ4n) is 3.88. The number of benzene rings is 2. The van der Waals surface area contributed by atoms with Crippen molar-refractivity contribution < 1.29 is 19.0 Å². The summed E-state index contributed by atoms with van der Waals surface area (Å²) < 4.78 is 18.6. The minimum atomic E-state index is -0.174. The first-order valence-corrected chi connectivity index (χ1v) is 11.0. The molecular formula is C24H30N4O4. The van der Waals surface area contributed by atoms with E-state index in [1.54, 1.807) is 19.2 Å². The van der Waals surface area contributed by atoms with Gasteiger partial charge in [0.2, 0.25) is 0 Å². The van der Waals surface area contributed by atoms with E-state index in [1.807, 2.05) is 30.3 Å². The third-order valence-corrected chi connectivity index (χ3v) is 5.58. The molecule has 1 saturated heterocycles. The average molecular weight is 439 g/mol. The van der Waals surface area contributed by atoms with E-state index in [9.17, 15) is 4.79 Å². The lowest BCUT2D eigenvalue weighted by Crippen LogP contribution is -2.38. The molecule has 1 amide bonds. The number of ether oxygens (including phenoxy) is 3. The van der Waals surface area contributed by atoms with Crippen LogP contribution in [0, 0.1) is 0 Å². The van der Waals surface area contributed by atoms with E-state index in [1.165, 1.54) is 0 Å². The predicted molar refractivity (Wildman–Crippen MR) is 122 cm³/mol. The van der Waals surface area contributed by atoms with Crippen molar-refractivity contribution in [2.75, 3.05) is 53.1 Å². The maximum absolute atomic E-state index is 12.3. The number of carbonyl (C=O) groups excluding carboxylic acids is 1. The molecule has 1 N–H and O–H groups in total. The van der Waals surface area contributed by atoms with Gasteiger partial charge in [0.05, 0.1) is 31.4 Å². The maximum atomic E-state index is 12.3. The van der Waals surface area contributed by atoms with Crippen LogP contribution in [0.4, 0.5) is 0 Å². The summed E-state index contributed by atoms with van der Waals surface area (Å²) in [5, 5.41) is 2.93. The highest BCUT2D eigenvalue weighted by Gasteiger charge is 2.14. The third-order valence-electron chi connectivity index (χ3n) is 5.58. The van der Waals surface area contributed by atoms with E-state index >= 15 is 0 Å². The van der Waals surface area contributed by atoms with Gasteiger partial charge in [0.1, 0.15) is 5.82 Å². The third kappa shape index (κ3) is 5.57. The van der Waals surface area contributed by atoms with Gasteiger partial charge in [0.15, 0.2) is 18.1 Å². The highest BCUT2D eigenvalue weighted by atomic mass is 16.5. The number of hydrogen-bond acceptors (Lipinski definition) is 6. The monoisotopic (exact) mass is 438 g/mol. The van der Waals surface area contributed by atoms with Gasteiger partial charge in [-0.05, 0) is 24.3 Å². The first-order valence-electron chi connectivity index (χ1n) is 11.0. The summed E-state index contributed by atoms with van der Waals surface area (Å²) in [6, 6.07) is 15.5. The summed E-state index contributed by atoms with van der Waals surface area (Å²) in [7, 11) is 1.58. The summed E-state index contributed by atoms with van der Waals surface area (Å²) in [6.07, 6.45) is 0.651. The molecule has 2 aromatic carbocycles. The molecule has 170 valence electrons. The molecule has 1 aliphatic heterocycles. The van der Waals surface area contributed by atoms with Gasteiger partial charge < -0.3 is 24.1 Å². The Hall–Kier alpha value is -3.10. The van der Waals surface area contributed by atoms with E-state index in [0.29, 0.717) is 24.5 Å². The molecule has 1 aromatic heterocycles. The van der Waals surface area contributed by atoms with Crippen LogP contribution >= 0.6 is 0 Å². The van der Waals surface area contributed by atoms with Gasteiger partial charge in [-0.3, -0.25) is 9.69 Å². The van der Waals surface area contributed by atoms with Crippen LogP contribution in [-0.2, 0) is 22.5 Å². The van der Waals surface area contributed by atoms with E-state index < -0.39 is 0 Å². The zero-order chi connectivity index (χ0) is 22.2. The molecular weight excluding hydrogens is 408 g/mol. The topological polar surface area (TPSA) is 77.8 Å². The predicted octanol–water partition coefficient (Wildman–Crippen LogP) is 2.11. The van der Waals surface area contributed by atoms with Crippen molar-refractivity contribution in [2.24, 2.45) is 0 Å². The lowest BCUT2D eigenvalue weighted by molar-refractivity contribution is -0.123. The van der Waals surface area contributed by atoms with Crippen LogP contribution in [0.5, 0.6) is 11.5 Å². The molecule has 1 aliphatic rings. The minimum absolute atomic E-state index is 0.0617. The van der Waals surface area contributed by atoms with Crippen molar-refractivity contribution in [2.45, 2.75) is 13.0 Å². The van der Waals surface area contributed by atoms with Gasteiger partial charge in [-0.15, -0.1) is 0 Å². The number of nitrogens with one attached hydrogen (secondary N) is 1. The summed E-state index contributed by atoms with van der Waals surface area (Å²) in [6.45, 7) is 5.76. The number of aromatic nitrogens is 2. The van der Waals surface area contributed by atoms with Gasteiger partial charge in [-0.25, -0.2) is 4.98 Å². The van der Waals surface area contributed by atoms with Crippen molar-refractivity contribution >= 4 is 16.9 Å². The van der Waals surface area contributed by atoms with Crippen LogP contribution in [0.1, 0.15) is 5.82 Å². The first kappa shape index (κ1) is 22.1. The molecule has 4 rings (SSSR count). The Kier molecular flexibility index (Phi) is 7.58. The fraction of sp³-hybridized carbons (Fsp3) is 0.417. The smallest absolute Gasteiger partial charge is 0.257 e. The zero-order valence-electron chi connectivity index (χ0n) is 18.5. The van der Waals surface area contributed by atoms with Gasteiger partial charge in [-0.1, -0.05) is 24.3 Å². The highest BCUT2D eigenvalue weighted by molar-refractivity contribution is 5.78. The second-order valence-corrected chi connectivity index (χ2v) is 7.66. The Balaban J connectivity index is 1.32. The van der Waals surface area contributed by atoms with Crippen molar-refractivity contribution in [1.82, 2.24) is 19.8 Å². The molecule has 0 bridgehead atoms. The lowest BCUT2D eigenvalue weighted by Gasteiger charge is -2.27. The number of fused-ring (bicyclic) bond motifs is 1. The summed E-state index contributed by atoms with van der Waals surface area (Å²) in [5.74, 6) is 1.96. The number of amides is 1. The zero-order valence-corrected chi connectivity index (χ0v) is 18.5. The molecule has 0 spiro atoms. The van der Waals surface area contributed by atoms with Crippen LogP contribution in [0.2, 0.25) is 0 Å². The summed E-state index contributed by atoms with van der Waals surface area (Å²) in [4.78, 5) is 19.5. The SMILES string of the molecule is COc1ccccc1OCC(=O)NCCc1nc2ccccc2n1CCN1CCOCC1. The fourth-order valence-corrected chi connectivity index (χ4v) is 3.88. The van der Waals surface area contributed by atoms with Gasteiger partial charge in [0.25, 0.3) is 5.91 Å². The van der Waals surface area contributed by atoms with Gasteiger partial charge in [0, 0.05) is 39.1 Å². The molecule has 3 aromatic rings. The Morgan fingerprint density at radius 3 is 2.62 bits per heavy atom. The Labute approximate surface area is 188 Å². The number of hydrogen-bond donors (Lipinski definition) is 1. The minimum Gasteiger partial charge on any atom is -0.493 e. The second-order valence-electron chi connectivity index (χ2n) is 7.66. The van der Waals surface area contributed by atoms with Crippen LogP contribution in [0.25, 0.3) is 11.0 Å². The largest absolute Gasteiger partial charge is 0.493 e. The van der Waals surface area contributed by atoms with E-state index in [-0.39, 0.29) is 12.5 Å². The number of imidazole rings is 1. The first-order chi connectivity index (χ1) is 15.7. The Bertz CT molecular complexity index is 1030. The Morgan fingerprint density at radius 1 is 1.06 bits per heavy atom. The Morgan fingerprint density at radius 2 is 1.81 bits per heavy atom. The van der Waals surface area contributed by atoms with E-state index in [2.05, 4.69) is 20.9 Å². The van der Waals surface area contributed by atoms with Crippen LogP contribution < -0.4 is 14.8 Å². The van der Waals surface area contributed by atoms with E-state index in [4.69, 9.17) is 19.2 Å². The molecule has 32 heavy (non-hydrogen) atoms. The molecule has 8 nitrogen and oxygen atoms in total. The molecule has 0 atom stereocenters. The molecule has 0 unspecified atom stereocenters. The molecule has 0 saturated carbocycles. The summed E-state index contributed by atoms with van der Waals surface area (Å²) >= 11 is 0. The molecule has 0 radical (unpaired) electrons. The number of methoxy groups -OCH3 is 1. The second kappa shape index (κ2) is 11.0. The lowest BCUT2D eigenvalue weighted by atomic mass is 10.3. The van der Waals surface area contributed by atoms with Crippen LogP contribution in [0.15, 0.2) is 48.5 Å². The van der Waals surface area contributed by atoms with Gasteiger partial charge >= 0.3 is 0 Å². The average Bonchev–Trinajstić information content (AvgIpc) is 3.19. The quantitative estimate of drug-likeness (QED) is 0.523. The molecule has 8 heteroatoms. The van der Waals surface area contributed by atoms with Crippen molar-refractivity contribution in [3.63, 3.8) is 0 Å². The standard InChI is InChI=1S/C24H30N4O4/c1-30-21-8-4-5-9-22(21)32-18-24(29)25-11-10-23-26-19-6-2-3-7-20(19)28(23)13-12-27-14-16-31-17-15-27/h2-9H,10-18H2,1H3,(H,25,29). The highest BCUT2D eigenvalue weighted by Crippen LogP contribution is 2.25. The summed E-state index contributed by atoms with van der Waals surface area (Å²) in [5.41, 5.74) is 2.11. The maximum Gasteiger partial charge on any atom is 0.257 e.